The van der Waals surface area contributed by atoms with Gasteiger partial charge in [-0.05, 0) is 126 Å². The Bertz CT molecular complexity index is 3000. The summed E-state index contributed by atoms with van der Waals surface area (Å²) >= 11 is 6.10. The lowest BCUT2D eigenvalue weighted by molar-refractivity contribution is -0.160. The van der Waals surface area contributed by atoms with Crippen molar-refractivity contribution in [1.82, 2.24) is 60.0 Å². The van der Waals surface area contributed by atoms with Crippen molar-refractivity contribution in [2.75, 3.05) is 81.6 Å². The highest BCUT2D eigenvalue weighted by Crippen LogP contribution is 2.36. The van der Waals surface area contributed by atoms with Crippen LogP contribution < -0.4 is 16.0 Å². The molecule has 0 unspecified atom stereocenters. The number of likely N-dealkylation sites (tertiary alicyclic amines) is 1. The summed E-state index contributed by atoms with van der Waals surface area (Å²) in [5.74, 6) is -7.59. The van der Waals surface area contributed by atoms with Gasteiger partial charge in [0, 0.05) is 81.4 Å². The molecular formula is C69H106ClF3N12O12. The standard InChI is InChI=1S/C69H106ClF3N12O12/c1-13-49-63(92)78(8)44(6)62(91)85-36-31-52(85)66(95)80(10)54(39-45-23-16-14-17-24-45)65(94)77(7)41-56(86)75-50(30-28-46-27-29-47(48(70)38-46)69(71,72)73)64(93)84-35-22-25-51(84)60(89)74-32-19-18-26-57(87)82(12)59(43(4)5)68(97)81(11)55(67(96)83-33-20-15-21-34-83)40-58(88)79(9)53(37-42(2)3)61(90)76-49/h27,29,38,42-45,49-55,59H,13-26,28,30-37,39-41H2,1-12H3,(H,74,89)(H,75,86)(H,76,90)/t44-,49-,50-,51-,52-,53-,54-,55-,59-/m0/s1. The quantitative estimate of drug-likeness (QED) is 0.271. The van der Waals surface area contributed by atoms with E-state index in [2.05, 4.69) is 16.0 Å². The van der Waals surface area contributed by atoms with Gasteiger partial charge in [-0.25, -0.2) is 0 Å². The van der Waals surface area contributed by atoms with Crippen LogP contribution in [0.3, 0.4) is 0 Å². The Hall–Kier alpha value is -7.06. The Labute approximate surface area is 575 Å². The highest BCUT2D eigenvalue weighted by molar-refractivity contribution is 6.31. The second-order valence-electron chi connectivity index (χ2n) is 28.1. The molecule has 1 aromatic rings. The molecule has 4 heterocycles. The molecule has 28 heteroatoms. The first-order valence-corrected chi connectivity index (χ1v) is 35.3. The molecule has 6 rings (SSSR count). The maximum absolute atomic E-state index is 14.9. The third-order valence-electron chi connectivity index (χ3n) is 20.4. The SMILES string of the molecule is CC[C@@H]1NC(=O)[C@H](CC(C)C)N(C)C(=O)C[C@@H](C(=O)N2CCCCC2)N(C)C(=O)[C@H](C(C)C)N(C)C(=O)CCCCNC(=O)[C@@H]2CCCN2C(=O)[C@H](CCc2ccc(C(F)(F)F)c(Cl)c2)NC(=O)CN(C)C(=O)[C@H](CC2CCCCC2)N(C)C(=O)[C@@H]2CCN2C(=O)[C@H](C)N(C)C1=O. The first kappa shape index (κ1) is 78.9. The van der Waals surface area contributed by atoms with Crippen LogP contribution in [0.15, 0.2) is 18.2 Å². The summed E-state index contributed by atoms with van der Waals surface area (Å²) in [5, 5.41) is 7.90. The lowest BCUT2D eigenvalue weighted by Crippen LogP contribution is -2.64. The van der Waals surface area contributed by atoms with Gasteiger partial charge in [-0.1, -0.05) is 84.4 Å². The number of aryl methyl sites for hydroxylation is 1. The van der Waals surface area contributed by atoms with Gasteiger partial charge in [0.15, 0.2) is 0 Å². The molecule has 542 valence electrons. The number of carbonyl (C=O) groups excluding carboxylic acids is 12. The molecule has 0 radical (unpaired) electrons. The van der Waals surface area contributed by atoms with Crippen LogP contribution >= 0.6 is 11.6 Å². The van der Waals surface area contributed by atoms with Crippen molar-refractivity contribution in [2.24, 2.45) is 17.8 Å². The van der Waals surface area contributed by atoms with Crippen LogP contribution in [0.2, 0.25) is 5.02 Å². The number of piperidine rings is 1. The Morgan fingerprint density at radius 2 is 1.27 bits per heavy atom. The van der Waals surface area contributed by atoms with Crippen LogP contribution in [-0.4, -0.2) is 251 Å². The van der Waals surface area contributed by atoms with Crippen molar-refractivity contribution in [3.05, 3.63) is 34.3 Å². The highest BCUT2D eigenvalue weighted by Gasteiger charge is 2.47. The van der Waals surface area contributed by atoms with E-state index in [0.717, 1.165) is 55.6 Å². The average molecular weight is 1390 g/mol. The average Bonchev–Trinajstić information content (AvgIpc) is 1.06. The highest BCUT2D eigenvalue weighted by atomic mass is 35.5. The molecular weight excluding hydrogens is 1280 g/mol. The summed E-state index contributed by atoms with van der Waals surface area (Å²) < 4.78 is 41.2. The normalized spacial score (nSPS) is 27.1. The zero-order valence-corrected chi connectivity index (χ0v) is 59.7. The maximum Gasteiger partial charge on any atom is 0.417 e. The Kier molecular flexibility index (Phi) is 29.0. The fourth-order valence-corrected chi connectivity index (χ4v) is 14.4. The minimum absolute atomic E-state index is 0.0358. The van der Waals surface area contributed by atoms with E-state index in [9.17, 15) is 70.7 Å². The number of halogens is 4. The first-order valence-electron chi connectivity index (χ1n) is 34.9. The van der Waals surface area contributed by atoms with Gasteiger partial charge in [0.1, 0.15) is 54.4 Å². The number of nitrogens with zero attached hydrogens (tertiary/aromatic N) is 9. The lowest BCUT2D eigenvalue weighted by atomic mass is 9.84. The van der Waals surface area contributed by atoms with Crippen LogP contribution in [0, 0.1) is 17.8 Å². The number of amides is 12. The molecule has 5 aliphatic rings. The maximum atomic E-state index is 14.9. The topological polar surface area (TPSA) is 270 Å². The number of likely N-dealkylation sites (N-methyl/N-ethyl adjacent to an activating group) is 6. The molecule has 1 aromatic carbocycles. The molecule has 0 aromatic heterocycles. The van der Waals surface area contributed by atoms with Crippen LogP contribution in [0.25, 0.3) is 0 Å². The second-order valence-corrected chi connectivity index (χ2v) is 28.5. The van der Waals surface area contributed by atoms with Crippen molar-refractivity contribution in [3.8, 4) is 0 Å². The van der Waals surface area contributed by atoms with E-state index in [0.29, 0.717) is 44.3 Å². The lowest BCUT2D eigenvalue weighted by Gasteiger charge is -2.45. The van der Waals surface area contributed by atoms with E-state index in [1.807, 2.05) is 13.8 Å². The minimum Gasteiger partial charge on any atom is -0.354 e. The van der Waals surface area contributed by atoms with Crippen molar-refractivity contribution in [3.63, 3.8) is 0 Å². The number of carbonyl (C=O) groups is 12. The number of hydrogen-bond acceptors (Lipinski definition) is 12. The van der Waals surface area contributed by atoms with Gasteiger partial charge < -0.3 is 60.0 Å². The minimum atomic E-state index is -4.74. The van der Waals surface area contributed by atoms with E-state index in [-0.39, 0.29) is 89.3 Å². The molecule has 0 bridgehead atoms. The molecule has 3 N–H and O–H groups in total. The van der Waals surface area contributed by atoms with Crippen molar-refractivity contribution in [2.45, 2.75) is 231 Å². The first-order chi connectivity index (χ1) is 45.7. The van der Waals surface area contributed by atoms with E-state index < -0.39 is 161 Å². The summed E-state index contributed by atoms with van der Waals surface area (Å²) in [6, 6.07) is -7.19. The Balaban J connectivity index is 1.33. The number of nitrogens with one attached hydrogen (secondary N) is 3. The number of hydrogen-bond donors (Lipinski definition) is 3. The van der Waals surface area contributed by atoms with Gasteiger partial charge >= 0.3 is 6.18 Å². The molecule has 9 atom stereocenters. The molecule has 5 fully saturated rings. The largest absolute Gasteiger partial charge is 0.417 e. The molecule has 1 saturated carbocycles. The number of rotatable bonds is 10. The van der Waals surface area contributed by atoms with Crippen molar-refractivity contribution in [1.29, 1.82) is 0 Å². The molecule has 12 amide bonds. The number of alkyl halides is 3. The van der Waals surface area contributed by atoms with Gasteiger partial charge in [-0.2, -0.15) is 13.2 Å². The molecule has 4 aliphatic heterocycles. The zero-order chi connectivity index (χ0) is 71.9. The molecule has 0 spiro atoms. The third kappa shape index (κ3) is 20.3. The predicted octanol–water partition coefficient (Wildman–Crippen LogP) is 5.25. The summed E-state index contributed by atoms with van der Waals surface area (Å²) in [7, 11) is 8.64. The van der Waals surface area contributed by atoms with Gasteiger partial charge in [-0.15, -0.1) is 0 Å². The molecule has 4 saturated heterocycles. The molecule has 1 aliphatic carbocycles. The Morgan fingerprint density at radius 3 is 1.87 bits per heavy atom. The van der Waals surface area contributed by atoms with Crippen LogP contribution in [0.1, 0.15) is 175 Å². The van der Waals surface area contributed by atoms with Crippen LogP contribution in [0.4, 0.5) is 13.2 Å². The third-order valence-corrected chi connectivity index (χ3v) is 20.7. The molecule has 97 heavy (non-hydrogen) atoms. The van der Waals surface area contributed by atoms with Crippen molar-refractivity contribution < 1.29 is 70.7 Å². The van der Waals surface area contributed by atoms with Gasteiger partial charge in [0.2, 0.25) is 70.9 Å². The number of fused-ring (bicyclic) bond motifs is 2. The van der Waals surface area contributed by atoms with E-state index in [1.165, 1.54) is 89.6 Å². The van der Waals surface area contributed by atoms with Crippen LogP contribution in [-0.2, 0) is 70.1 Å². The fraction of sp³-hybridized carbons (Fsp3) is 0.739. The van der Waals surface area contributed by atoms with Gasteiger partial charge in [0.05, 0.1) is 23.6 Å². The summed E-state index contributed by atoms with van der Waals surface area (Å²) in [6.45, 7) is 11.0. The van der Waals surface area contributed by atoms with E-state index >= 15 is 0 Å². The monoisotopic (exact) mass is 1390 g/mol. The Morgan fingerprint density at radius 1 is 0.619 bits per heavy atom. The van der Waals surface area contributed by atoms with E-state index in [1.54, 1.807) is 25.7 Å². The van der Waals surface area contributed by atoms with Crippen molar-refractivity contribution >= 4 is 82.5 Å². The van der Waals surface area contributed by atoms with E-state index in [4.69, 9.17) is 11.6 Å². The smallest absolute Gasteiger partial charge is 0.354 e. The summed E-state index contributed by atoms with van der Waals surface area (Å²) in [5.41, 5.74) is -0.729. The second kappa shape index (κ2) is 35.6. The summed E-state index contributed by atoms with van der Waals surface area (Å²) in [6.07, 6.45) is 3.17. The summed E-state index contributed by atoms with van der Waals surface area (Å²) in [4.78, 5) is 186. The predicted molar refractivity (Wildman–Crippen MR) is 357 cm³/mol. The van der Waals surface area contributed by atoms with Crippen LogP contribution in [0.5, 0.6) is 0 Å². The van der Waals surface area contributed by atoms with Gasteiger partial charge in [0.25, 0.3) is 0 Å². The van der Waals surface area contributed by atoms with Gasteiger partial charge in [-0.3, -0.25) is 57.5 Å². The fourth-order valence-electron chi connectivity index (χ4n) is 14.1. The molecule has 24 nitrogen and oxygen atoms in total. The zero-order valence-electron chi connectivity index (χ0n) is 59.0. The number of benzene rings is 1.